The van der Waals surface area contributed by atoms with E-state index in [9.17, 15) is 4.79 Å². The predicted octanol–water partition coefficient (Wildman–Crippen LogP) is 3.01. The second-order valence-corrected chi connectivity index (χ2v) is 5.97. The quantitative estimate of drug-likeness (QED) is 0.736. The molecule has 0 N–H and O–H groups in total. The molecular weight excluding hydrogens is 288 g/mol. The van der Waals surface area contributed by atoms with Gasteiger partial charge in [-0.15, -0.1) is 11.3 Å². The SMILES string of the molecule is COC(=O)CCc1csc(N(Cc2ccco2)C2CC2)n1. The van der Waals surface area contributed by atoms with Crippen molar-refractivity contribution in [2.75, 3.05) is 12.0 Å². The average molecular weight is 306 g/mol. The van der Waals surface area contributed by atoms with Crippen molar-refractivity contribution >= 4 is 22.4 Å². The van der Waals surface area contributed by atoms with Crippen LogP contribution in [-0.4, -0.2) is 24.1 Å². The lowest BCUT2D eigenvalue weighted by molar-refractivity contribution is -0.140. The first kappa shape index (κ1) is 14.1. The highest BCUT2D eigenvalue weighted by molar-refractivity contribution is 7.13. The summed E-state index contributed by atoms with van der Waals surface area (Å²) in [6, 6.07) is 4.46. The summed E-state index contributed by atoms with van der Waals surface area (Å²) in [4.78, 5) is 18.1. The molecular formula is C15H18N2O3S. The Kier molecular flexibility index (Phi) is 4.24. The van der Waals surface area contributed by atoms with E-state index in [2.05, 4.69) is 14.6 Å². The van der Waals surface area contributed by atoms with Crippen LogP contribution in [-0.2, 0) is 22.5 Å². The van der Waals surface area contributed by atoms with Crippen molar-refractivity contribution in [3.8, 4) is 0 Å². The summed E-state index contributed by atoms with van der Waals surface area (Å²) in [6.45, 7) is 0.752. The van der Waals surface area contributed by atoms with Crippen molar-refractivity contribution in [3.63, 3.8) is 0 Å². The number of carbonyl (C=O) groups is 1. The van der Waals surface area contributed by atoms with Crippen LogP contribution in [0.3, 0.4) is 0 Å². The molecule has 3 rings (SSSR count). The fourth-order valence-corrected chi connectivity index (χ4v) is 3.12. The maximum absolute atomic E-state index is 11.2. The fourth-order valence-electron chi connectivity index (χ4n) is 2.18. The third-order valence-electron chi connectivity index (χ3n) is 3.49. The Morgan fingerprint density at radius 1 is 1.57 bits per heavy atom. The van der Waals surface area contributed by atoms with Gasteiger partial charge in [0.15, 0.2) is 5.13 Å². The van der Waals surface area contributed by atoms with Crippen LogP contribution in [0.15, 0.2) is 28.2 Å². The molecule has 112 valence electrons. The van der Waals surface area contributed by atoms with Crippen molar-refractivity contribution in [3.05, 3.63) is 35.2 Å². The smallest absolute Gasteiger partial charge is 0.305 e. The van der Waals surface area contributed by atoms with E-state index >= 15 is 0 Å². The topological polar surface area (TPSA) is 55.6 Å². The average Bonchev–Trinajstić information content (AvgIpc) is 3.02. The van der Waals surface area contributed by atoms with E-state index in [-0.39, 0.29) is 5.97 Å². The van der Waals surface area contributed by atoms with Crippen LogP contribution in [0.25, 0.3) is 0 Å². The number of methoxy groups -OCH3 is 1. The normalized spacial score (nSPS) is 14.1. The lowest BCUT2D eigenvalue weighted by atomic mass is 10.2. The highest BCUT2D eigenvalue weighted by Crippen LogP contribution is 2.35. The van der Waals surface area contributed by atoms with Gasteiger partial charge < -0.3 is 14.1 Å². The minimum absolute atomic E-state index is 0.195. The first-order valence-electron chi connectivity index (χ1n) is 7.06. The van der Waals surface area contributed by atoms with Crippen molar-refractivity contribution in [1.82, 2.24) is 4.98 Å². The summed E-state index contributed by atoms with van der Waals surface area (Å²) in [6.07, 6.45) is 5.11. The van der Waals surface area contributed by atoms with Gasteiger partial charge in [0.2, 0.25) is 0 Å². The van der Waals surface area contributed by atoms with Gasteiger partial charge in [0, 0.05) is 17.8 Å². The Morgan fingerprint density at radius 3 is 3.10 bits per heavy atom. The number of hydrogen-bond donors (Lipinski definition) is 0. The molecule has 1 fully saturated rings. The second-order valence-electron chi connectivity index (χ2n) is 5.14. The van der Waals surface area contributed by atoms with Gasteiger partial charge in [0.25, 0.3) is 0 Å². The van der Waals surface area contributed by atoms with Crippen LogP contribution >= 0.6 is 11.3 Å². The van der Waals surface area contributed by atoms with Crippen LogP contribution in [0, 0.1) is 0 Å². The zero-order valence-corrected chi connectivity index (χ0v) is 12.8. The number of aryl methyl sites for hydroxylation is 1. The molecule has 1 aliphatic rings. The Balaban J connectivity index is 1.66. The van der Waals surface area contributed by atoms with E-state index in [0.29, 0.717) is 18.9 Å². The lowest BCUT2D eigenvalue weighted by Crippen LogP contribution is -2.24. The van der Waals surface area contributed by atoms with Crippen molar-refractivity contribution in [2.45, 2.75) is 38.3 Å². The van der Waals surface area contributed by atoms with E-state index in [1.165, 1.54) is 20.0 Å². The molecule has 0 bridgehead atoms. The van der Waals surface area contributed by atoms with Gasteiger partial charge in [-0.25, -0.2) is 4.98 Å². The Labute approximate surface area is 127 Å². The third-order valence-corrected chi connectivity index (χ3v) is 4.42. The van der Waals surface area contributed by atoms with Crippen LogP contribution in [0.5, 0.6) is 0 Å². The Bertz CT molecular complexity index is 590. The molecule has 5 nitrogen and oxygen atoms in total. The zero-order chi connectivity index (χ0) is 14.7. The third kappa shape index (κ3) is 3.64. The largest absolute Gasteiger partial charge is 0.469 e. The number of anilines is 1. The lowest BCUT2D eigenvalue weighted by Gasteiger charge is -2.19. The van der Waals surface area contributed by atoms with Gasteiger partial charge in [-0.2, -0.15) is 0 Å². The van der Waals surface area contributed by atoms with E-state index in [1.54, 1.807) is 17.6 Å². The molecule has 2 aromatic heterocycles. The summed E-state index contributed by atoms with van der Waals surface area (Å²) < 4.78 is 10.1. The molecule has 0 unspecified atom stereocenters. The van der Waals surface area contributed by atoms with E-state index < -0.39 is 0 Å². The molecule has 0 aromatic carbocycles. The summed E-state index contributed by atoms with van der Waals surface area (Å²) >= 11 is 1.63. The maximum Gasteiger partial charge on any atom is 0.305 e. The van der Waals surface area contributed by atoms with Crippen molar-refractivity contribution < 1.29 is 13.9 Å². The number of carbonyl (C=O) groups excluding carboxylic acids is 1. The number of hydrogen-bond acceptors (Lipinski definition) is 6. The van der Waals surface area contributed by atoms with Crippen LogP contribution in [0.4, 0.5) is 5.13 Å². The van der Waals surface area contributed by atoms with E-state index in [0.717, 1.165) is 23.1 Å². The number of nitrogens with zero attached hydrogens (tertiary/aromatic N) is 2. The van der Waals surface area contributed by atoms with Gasteiger partial charge in [-0.05, 0) is 25.0 Å². The molecule has 1 aliphatic carbocycles. The highest BCUT2D eigenvalue weighted by atomic mass is 32.1. The molecule has 1 saturated carbocycles. The predicted molar refractivity (Wildman–Crippen MR) is 80.4 cm³/mol. The van der Waals surface area contributed by atoms with Crippen molar-refractivity contribution in [1.29, 1.82) is 0 Å². The minimum atomic E-state index is -0.195. The molecule has 0 spiro atoms. The summed E-state index contributed by atoms with van der Waals surface area (Å²) in [5.41, 5.74) is 0.950. The number of furan rings is 1. The van der Waals surface area contributed by atoms with E-state index in [1.807, 2.05) is 17.5 Å². The standard InChI is InChI=1S/C15H18N2O3S/c1-19-14(18)7-4-11-10-21-15(16-11)17(12-5-6-12)9-13-3-2-8-20-13/h2-3,8,10,12H,4-7,9H2,1H3. The molecule has 0 amide bonds. The van der Waals surface area contributed by atoms with Gasteiger partial charge in [0.1, 0.15) is 5.76 Å². The monoisotopic (exact) mass is 306 g/mol. The van der Waals surface area contributed by atoms with Crippen LogP contribution in [0.2, 0.25) is 0 Å². The zero-order valence-electron chi connectivity index (χ0n) is 11.9. The van der Waals surface area contributed by atoms with Crippen LogP contribution in [0.1, 0.15) is 30.7 Å². The minimum Gasteiger partial charge on any atom is -0.469 e. The fraction of sp³-hybridized carbons (Fsp3) is 0.467. The van der Waals surface area contributed by atoms with Gasteiger partial charge >= 0.3 is 5.97 Å². The molecule has 0 atom stereocenters. The number of aromatic nitrogens is 1. The Hall–Kier alpha value is -1.82. The summed E-state index contributed by atoms with van der Waals surface area (Å²) in [5.74, 6) is 0.757. The second kappa shape index (κ2) is 6.30. The molecule has 2 heterocycles. The molecule has 6 heteroatoms. The Morgan fingerprint density at radius 2 is 2.43 bits per heavy atom. The summed E-state index contributed by atoms with van der Waals surface area (Å²) in [7, 11) is 1.41. The maximum atomic E-state index is 11.2. The first-order valence-corrected chi connectivity index (χ1v) is 7.94. The van der Waals surface area contributed by atoms with Gasteiger partial charge in [0.05, 0.1) is 32.0 Å². The van der Waals surface area contributed by atoms with Gasteiger partial charge in [-0.1, -0.05) is 0 Å². The number of rotatable bonds is 7. The molecule has 0 radical (unpaired) electrons. The highest BCUT2D eigenvalue weighted by Gasteiger charge is 2.31. The molecule has 2 aromatic rings. The first-order chi connectivity index (χ1) is 10.3. The van der Waals surface area contributed by atoms with Crippen LogP contribution < -0.4 is 4.90 Å². The summed E-state index contributed by atoms with van der Waals surface area (Å²) in [5, 5.41) is 3.03. The molecule has 0 saturated heterocycles. The van der Waals surface area contributed by atoms with E-state index in [4.69, 9.17) is 4.42 Å². The molecule has 0 aliphatic heterocycles. The number of esters is 1. The number of ether oxygens (including phenoxy) is 1. The molecule has 21 heavy (non-hydrogen) atoms. The van der Waals surface area contributed by atoms with Gasteiger partial charge in [-0.3, -0.25) is 4.79 Å². The number of thiazole rings is 1. The van der Waals surface area contributed by atoms with Crippen molar-refractivity contribution in [2.24, 2.45) is 0 Å².